The van der Waals surface area contributed by atoms with Gasteiger partial charge < -0.3 is 10.6 Å². The minimum absolute atomic E-state index is 0.147. The molecule has 0 unspecified atom stereocenters. The van der Waals surface area contributed by atoms with Gasteiger partial charge in [-0.05, 0) is 36.5 Å². The molecule has 0 spiro atoms. The second-order valence-corrected chi connectivity index (χ2v) is 6.15. The van der Waals surface area contributed by atoms with Crippen LogP contribution in [0.1, 0.15) is 42.6 Å². The number of carbonyl (C=O) groups excluding carboxylic acids is 1. The van der Waals surface area contributed by atoms with Crippen molar-refractivity contribution in [3.8, 4) is 11.8 Å². The third-order valence-electron chi connectivity index (χ3n) is 3.94. The summed E-state index contributed by atoms with van der Waals surface area (Å²) in [7, 11) is 0. The zero-order valence-electron chi connectivity index (χ0n) is 12.6. The van der Waals surface area contributed by atoms with Gasteiger partial charge in [0.15, 0.2) is 0 Å². The first kappa shape index (κ1) is 15.5. The average Bonchev–Trinajstić information content (AvgIpc) is 2.45. The standard InChI is InChI=1S/C17H21FN2O/c1-17(2)7-10-20(11-8-17)16(21)15-12-14(18)6-5-13(15)4-3-9-19/h5-6,12H,7-11,19H2,1-2H3. The molecule has 1 heterocycles. The second-order valence-electron chi connectivity index (χ2n) is 6.15. The Morgan fingerprint density at radius 3 is 2.67 bits per heavy atom. The Labute approximate surface area is 125 Å². The molecule has 1 aromatic carbocycles. The molecule has 1 amide bonds. The topological polar surface area (TPSA) is 46.3 Å². The third kappa shape index (κ3) is 3.83. The molecule has 21 heavy (non-hydrogen) atoms. The highest BCUT2D eigenvalue weighted by atomic mass is 19.1. The van der Waals surface area contributed by atoms with E-state index in [1.54, 1.807) is 11.0 Å². The Morgan fingerprint density at radius 1 is 1.38 bits per heavy atom. The Morgan fingerprint density at radius 2 is 2.05 bits per heavy atom. The highest BCUT2D eigenvalue weighted by Crippen LogP contribution is 2.30. The molecule has 0 radical (unpaired) electrons. The van der Waals surface area contributed by atoms with E-state index in [0.717, 1.165) is 12.8 Å². The smallest absolute Gasteiger partial charge is 0.255 e. The van der Waals surface area contributed by atoms with Gasteiger partial charge in [-0.25, -0.2) is 4.39 Å². The maximum Gasteiger partial charge on any atom is 0.255 e. The molecule has 1 aliphatic heterocycles. The van der Waals surface area contributed by atoms with Crippen LogP contribution in [0.5, 0.6) is 0 Å². The molecule has 1 fully saturated rings. The molecule has 3 nitrogen and oxygen atoms in total. The lowest BCUT2D eigenvalue weighted by Gasteiger charge is -2.37. The van der Waals surface area contributed by atoms with Gasteiger partial charge in [0.25, 0.3) is 5.91 Å². The molecule has 112 valence electrons. The van der Waals surface area contributed by atoms with Gasteiger partial charge in [-0.15, -0.1) is 0 Å². The zero-order valence-corrected chi connectivity index (χ0v) is 12.6. The summed E-state index contributed by atoms with van der Waals surface area (Å²) in [5.74, 6) is 5.00. The highest BCUT2D eigenvalue weighted by molar-refractivity contribution is 5.96. The average molecular weight is 288 g/mol. The zero-order chi connectivity index (χ0) is 15.5. The van der Waals surface area contributed by atoms with E-state index in [-0.39, 0.29) is 17.9 Å². The van der Waals surface area contributed by atoms with Gasteiger partial charge in [0, 0.05) is 18.7 Å². The first-order chi connectivity index (χ1) is 9.93. The van der Waals surface area contributed by atoms with Gasteiger partial charge in [-0.3, -0.25) is 4.79 Å². The van der Waals surface area contributed by atoms with Crippen molar-refractivity contribution >= 4 is 5.91 Å². The summed E-state index contributed by atoms with van der Waals surface area (Å²) in [6.07, 6.45) is 1.91. The minimum atomic E-state index is -0.422. The van der Waals surface area contributed by atoms with Crippen LogP contribution in [0.25, 0.3) is 0 Å². The summed E-state index contributed by atoms with van der Waals surface area (Å²) in [6.45, 7) is 6.02. The Hall–Kier alpha value is -1.86. The van der Waals surface area contributed by atoms with Crippen molar-refractivity contribution < 1.29 is 9.18 Å². The molecule has 0 aromatic heterocycles. The van der Waals surface area contributed by atoms with Gasteiger partial charge in [0.05, 0.1) is 12.1 Å². The van der Waals surface area contributed by atoms with E-state index in [9.17, 15) is 9.18 Å². The van der Waals surface area contributed by atoms with E-state index in [1.807, 2.05) is 0 Å². The second kappa shape index (κ2) is 6.28. The van der Waals surface area contributed by atoms with Crippen LogP contribution in [0.15, 0.2) is 18.2 Å². The number of benzene rings is 1. The fraction of sp³-hybridized carbons (Fsp3) is 0.471. The molecule has 1 aromatic rings. The van der Waals surface area contributed by atoms with E-state index >= 15 is 0 Å². The first-order valence-corrected chi connectivity index (χ1v) is 7.21. The number of rotatable bonds is 1. The number of nitrogens with two attached hydrogens (primary N) is 1. The van der Waals surface area contributed by atoms with Gasteiger partial charge in [0.1, 0.15) is 5.82 Å². The molecule has 2 N–H and O–H groups in total. The third-order valence-corrected chi connectivity index (χ3v) is 3.94. The molecule has 2 rings (SSSR count). The lowest BCUT2D eigenvalue weighted by atomic mass is 9.82. The number of carbonyl (C=O) groups is 1. The maximum atomic E-state index is 13.5. The minimum Gasteiger partial charge on any atom is -0.339 e. The number of likely N-dealkylation sites (tertiary alicyclic amines) is 1. The van der Waals surface area contributed by atoms with E-state index in [2.05, 4.69) is 25.7 Å². The van der Waals surface area contributed by atoms with Gasteiger partial charge in [0.2, 0.25) is 0 Å². The van der Waals surface area contributed by atoms with E-state index < -0.39 is 5.82 Å². The molecule has 4 heteroatoms. The molecule has 0 atom stereocenters. The maximum absolute atomic E-state index is 13.5. The van der Waals surface area contributed by atoms with Gasteiger partial charge >= 0.3 is 0 Å². The van der Waals surface area contributed by atoms with Crippen LogP contribution >= 0.6 is 0 Å². The molecule has 1 saturated heterocycles. The van der Waals surface area contributed by atoms with Crippen molar-refractivity contribution in [3.05, 3.63) is 35.1 Å². The van der Waals surface area contributed by atoms with Crippen molar-refractivity contribution in [3.63, 3.8) is 0 Å². The fourth-order valence-corrected chi connectivity index (χ4v) is 2.43. The number of hydrogen-bond donors (Lipinski definition) is 1. The summed E-state index contributed by atoms with van der Waals surface area (Å²) in [4.78, 5) is 14.4. The van der Waals surface area contributed by atoms with Crippen molar-refractivity contribution in [1.29, 1.82) is 0 Å². The van der Waals surface area contributed by atoms with Gasteiger partial charge in [-0.1, -0.05) is 25.7 Å². The fourth-order valence-electron chi connectivity index (χ4n) is 2.43. The number of amides is 1. The SMILES string of the molecule is CC1(C)CCN(C(=O)c2cc(F)ccc2C#CCN)CC1. The van der Waals surface area contributed by atoms with Crippen LogP contribution in [-0.2, 0) is 0 Å². The Bertz CT molecular complexity index is 589. The summed E-state index contributed by atoms with van der Waals surface area (Å²) in [5.41, 5.74) is 6.49. The van der Waals surface area contributed by atoms with E-state index in [4.69, 9.17) is 5.73 Å². The van der Waals surface area contributed by atoms with Crippen molar-refractivity contribution in [2.75, 3.05) is 19.6 Å². The Balaban J connectivity index is 2.24. The van der Waals surface area contributed by atoms with E-state index in [1.165, 1.54) is 12.1 Å². The number of piperidine rings is 1. The van der Waals surface area contributed by atoms with Gasteiger partial charge in [-0.2, -0.15) is 0 Å². The molecular weight excluding hydrogens is 267 g/mol. The first-order valence-electron chi connectivity index (χ1n) is 7.21. The number of nitrogens with zero attached hydrogens (tertiary/aromatic N) is 1. The number of hydrogen-bond acceptors (Lipinski definition) is 2. The van der Waals surface area contributed by atoms with E-state index in [0.29, 0.717) is 24.2 Å². The van der Waals surface area contributed by atoms with Crippen LogP contribution in [-0.4, -0.2) is 30.4 Å². The van der Waals surface area contributed by atoms with Crippen LogP contribution in [0.2, 0.25) is 0 Å². The quantitative estimate of drug-likeness (QED) is 0.807. The normalized spacial score (nSPS) is 17.0. The largest absolute Gasteiger partial charge is 0.339 e. The monoisotopic (exact) mass is 288 g/mol. The molecule has 0 aliphatic carbocycles. The summed E-state index contributed by atoms with van der Waals surface area (Å²) >= 11 is 0. The van der Waals surface area contributed by atoms with Crippen LogP contribution in [0.4, 0.5) is 4.39 Å². The Kier molecular flexibility index (Phi) is 4.64. The van der Waals surface area contributed by atoms with Crippen molar-refractivity contribution in [1.82, 2.24) is 4.90 Å². The molecule has 0 saturated carbocycles. The summed E-state index contributed by atoms with van der Waals surface area (Å²) < 4.78 is 13.5. The predicted molar refractivity (Wildman–Crippen MR) is 81.3 cm³/mol. The van der Waals surface area contributed by atoms with Crippen LogP contribution in [0.3, 0.4) is 0 Å². The summed E-state index contributed by atoms with van der Waals surface area (Å²) in [6, 6.07) is 4.12. The lowest BCUT2D eigenvalue weighted by Crippen LogP contribution is -2.41. The molecular formula is C17H21FN2O. The lowest BCUT2D eigenvalue weighted by molar-refractivity contribution is 0.0629. The summed E-state index contributed by atoms with van der Waals surface area (Å²) in [5, 5.41) is 0. The van der Waals surface area contributed by atoms with Crippen LogP contribution < -0.4 is 5.73 Å². The highest BCUT2D eigenvalue weighted by Gasteiger charge is 2.29. The van der Waals surface area contributed by atoms with Crippen molar-refractivity contribution in [2.45, 2.75) is 26.7 Å². The van der Waals surface area contributed by atoms with Crippen molar-refractivity contribution in [2.24, 2.45) is 11.1 Å². The number of halogens is 1. The molecule has 0 bridgehead atoms. The predicted octanol–water partition coefficient (Wildman–Crippen LogP) is 2.40. The molecule has 1 aliphatic rings. The van der Waals surface area contributed by atoms with Crippen LogP contribution in [0, 0.1) is 23.1 Å².